The molecule has 0 atom stereocenters. The second-order valence-corrected chi connectivity index (χ2v) is 5.60. The van der Waals surface area contributed by atoms with Gasteiger partial charge in [-0.2, -0.15) is 0 Å². The smallest absolute Gasteiger partial charge is 0.190 e. The third kappa shape index (κ3) is 8.29. The molecule has 0 aliphatic heterocycles. The van der Waals surface area contributed by atoms with E-state index < -0.39 is 0 Å². The Morgan fingerprint density at radius 1 is 1.10 bits per heavy atom. The average Bonchev–Trinajstić information content (AvgIpc) is 3.31. The van der Waals surface area contributed by atoms with Gasteiger partial charge in [0.1, 0.15) is 0 Å². The summed E-state index contributed by atoms with van der Waals surface area (Å²) in [7, 11) is 1.84. The molecule has 4 heteroatoms. The minimum absolute atomic E-state index is 0. The minimum atomic E-state index is 0. The first-order chi connectivity index (χ1) is 9.88. The maximum atomic E-state index is 4.26. The first-order valence-electron chi connectivity index (χ1n) is 7.87. The van der Waals surface area contributed by atoms with Crippen molar-refractivity contribution >= 4 is 29.9 Å². The zero-order chi connectivity index (χ0) is 14.0. The van der Waals surface area contributed by atoms with E-state index in [1.807, 2.05) is 7.05 Å². The first kappa shape index (κ1) is 18.3. The van der Waals surface area contributed by atoms with E-state index in [0.717, 1.165) is 37.8 Å². The van der Waals surface area contributed by atoms with Crippen LogP contribution >= 0.6 is 24.0 Å². The van der Waals surface area contributed by atoms with Crippen molar-refractivity contribution in [3.63, 3.8) is 0 Å². The van der Waals surface area contributed by atoms with E-state index in [-0.39, 0.29) is 24.0 Å². The van der Waals surface area contributed by atoms with Crippen LogP contribution in [0.2, 0.25) is 0 Å². The number of aliphatic imine (C=N–C) groups is 1. The van der Waals surface area contributed by atoms with Crippen LogP contribution in [0.1, 0.15) is 37.7 Å². The number of benzene rings is 1. The van der Waals surface area contributed by atoms with Gasteiger partial charge in [0, 0.05) is 20.1 Å². The van der Waals surface area contributed by atoms with Gasteiger partial charge in [-0.05, 0) is 37.2 Å². The fourth-order valence-corrected chi connectivity index (χ4v) is 2.37. The van der Waals surface area contributed by atoms with E-state index >= 15 is 0 Å². The predicted octanol–water partition coefficient (Wildman–Crippen LogP) is 3.59. The van der Waals surface area contributed by atoms with Gasteiger partial charge < -0.3 is 10.6 Å². The van der Waals surface area contributed by atoms with E-state index in [9.17, 15) is 0 Å². The average molecular weight is 401 g/mol. The Kier molecular flexibility index (Phi) is 9.46. The van der Waals surface area contributed by atoms with Crippen LogP contribution < -0.4 is 10.6 Å². The molecular formula is C17H28IN3. The lowest BCUT2D eigenvalue weighted by Crippen LogP contribution is -2.38. The third-order valence-corrected chi connectivity index (χ3v) is 3.78. The number of rotatable bonds is 8. The predicted molar refractivity (Wildman–Crippen MR) is 102 cm³/mol. The Bertz CT molecular complexity index is 402. The fraction of sp³-hybridized carbons (Fsp3) is 0.588. The molecule has 0 radical (unpaired) electrons. The number of nitrogens with zero attached hydrogens (tertiary/aromatic N) is 1. The molecule has 0 amide bonds. The summed E-state index contributed by atoms with van der Waals surface area (Å²) in [4.78, 5) is 4.26. The summed E-state index contributed by atoms with van der Waals surface area (Å²) in [6.45, 7) is 2.01. The van der Waals surface area contributed by atoms with Gasteiger partial charge in [0.05, 0.1) is 0 Å². The standard InChI is InChI=1S/C17H27N3.HI/c1-18-17(20-14-6-10-16-11-12-16)19-13-5-9-15-7-3-2-4-8-15;/h2-4,7-8,16H,5-6,9-14H2,1H3,(H2,18,19,20);1H. The van der Waals surface area contributed by atoms with Gasteiger partial charge in [-0.15, -0.1) is 24.0 Å². The Balaban J connectivity index is 0.00000220. The third-order valence-electron chi connectivity index (χ3n) is 3.78. The number of hydrogen-bond donors (Lipinski definition) is 2. The van der Waals surface area contributed by atoms with Gasteiger partial charge in [0.2, 0.25) is 0 Å². The van der Waals surface area contributed by atoms with Crippen molar-refractivity contribution in [2.45, 2.75) is 38.5 Å². The molecule has 1 aromatic rings. The summed E-state index contributed by atoms with van der Waals surface area (Å²) in [5, 5.41) is 6.77. The van der Waals surface area contributed by atoms with Crippen LogP contribution in [-0.2, 0) is 6.42 Å². The second kappa shape index (κ2) is 10.9. The van der Waals surface area contributed by atoms with E-state index in [1.165, 1.54) is 31.2 Å². The Morgan fingerprint density at radius 3 is 2.38 bits per heavy atom. The molecule has 0 saturated heterocycles. The van der Waals surface area contributed by atoms with Gasteiger partial charge in [0.25, 0.3) is 0 Å². The van der Waals surface area contributed by atoms with E-state index in [2.05, 4.69) is 46.0 Å². The summed E-state index contributed by atoms with van der Waals surface area (Å²) in [6.07, 6.45) is 7.78. The van der Waals surface area contributed by atoms with E-state index in [4.69, 9.17) is 0 Å². The topological polar surface area (TPSA) is 36.4 Å². The van der Waals surface area contributed by atoms with Gasteiger partial charge in [-0.25, -0.2) is 0 Å². The SMILES string of the molecule is CN=C(NCCCc1ccccc1)NCCCC1CC1.I. The number of hydrogen-bond acceptors (Lipinski definition) is 1. The van der Waals surface area contributed by atoms with Crippen molar-refractivity contribution in [1.82, 2.24) is 10.6 Å². The molecule has 1 aliphatic rings. The highest BCUT2D eigenvalue weighted by molar-refractivity contribution is 14.0. The van der Waals surface area contributed by atoms with Crippen molar-refractivity contribution < 1.29 is 0 Å². The van der Waals surface area contributed by atoms with Gasteiger partial charge in [-0.3, -0.25) is 4.99 Å². The lowest BCUT2D eigenvalue weighted by atomic mass is 10.1. The maximum absolute atomic E-state index is 4.26. The van der Waals surface area contributed by atoms with Crippen LogP contribution in [0.25, 0.3) is 0 Å². The van der Waals surface area contributed by atoms with Crippen molar-refractivity contribution in [3.05, 3.63) is 35.9 Å². The molecule has 1 saturated carbocycles. The van der Waals surface area contributed by atoms with Crippen molar-refractivity contribution in [2.24, 2.45) is 10.9 Å². The van der Waals surface area contributed by atoms with Crippen molar-refractivity contribution in [3.8, 4) is 0 Å². The zero-order valence-electron chi connectivity index (χ0n) is 13.0. The van der Waals surface area contributed by atoms with Gasteiger partial charge in [-0.1, -0.05) is 43.2 Å². The zero-order valence-corrected chi connectivity index (χ0v) is 15.3. The molecule has 3 nitrogen and oxygen atoms in total. The summed E-state index contributed by atoms with van der Waals surface area (Å²) in [5.74, 6) is 1.96. The molecule has 1 fully saturated rings. The Labute approximate surface area is 146 Å². The molecule has 1 aliphatic carbocycles. The molecule has 2 rings (SSSR count). The molecular weight excluding hydrogens is 373 g/mol. The molecule has 2 N–H and O–H groups in total. The lowest BCUT2D eigenvalue weighted by Gasteiger charge is -2.11. The van der Waals surface area contributed by atoms with Crippen LogP contribution in [0.4, 0.5) is 0 Å². The number of nitrogens with one attached hydrogen (secondary N) is 2. The summed E-state index contributed by atoms with van der Waals surface area (Å²) < 4.78 is 0. The lowest BCUT2D eigenvalue weighted by molar-refractivity contribution is 0.642. The molecule has 1 aromatic carbocycles. The highest BCUT2D eigenvalue weighted by Gasteiger charge is 2.19. The second-order valence-electron chi connectivity index (χ2n) is 5.60. The van der Waals surface area contributed by atoms with Crippen LogP contribution in [0, 0.1) is 5.92 Å². The van der Waals surface area contributed by atoms with Gasteiger partial charge >= 0.3 is 0 Å². The quantitative estimate of drug-likeness (QED) is 0.302. The van der Waals surface area contributed by atoms with Crippen LogP contribution in [0.3, 0.4) is 0 Å². The van der Waals surface area contributed by atoms with E-state index in [0.29, 0.717) is 0 Å². The minimum Gasteiger partial charge on any atom is -0.356 e. The highest BCUT2D eigenvalue weighted by atomic mass is 127. The van der Waals surface area contributed by atoms with Crippen LogP contribution in [0.15, 0.2) is 35.3 Å². The highest BCUT2D eigenvalue weighted by Crippen LogP contribution is 2.33. The number of aryl methyl sites for hydroxylation is 1. The van der Waals surface area contributed by atoms with Crippen molar-refractivity contribution in [2.75, 3.05) is 20.1 Å². The normalized spacial score (nSPS) is 14.4. The Hall–Kier alpha value is -0.780. The van der Waals surface area contributed by atoms with Crippen LogP contribution in [0.5, 0.6) is 0 Å². The number of halogens is 1. The van der Waals surface area contributed by atoms with Crippen molar-refractivity contribution in [1.29, 1.82) is 0 Å². The fourth-order valence-electron chi connectivity index (χ4n) is 2.37. The molecule has 0 spiro atoms. The summed E-state index contributed by atoms with van der Waals surface area (Å²) >= 11 is 0. The molecule has 0 bridgehead atoms. The molecule has 0 unspecified atom stereocenters. The van der Waals surface area contributed by atoms with Crippen LogP contribution in [-0.4, -0.2) is 26.1 Å². The van der Waals surface area contributed by atoms with Gasteiger partial charge in [0.15, 0.2) is 5.96 Å². The molecule has 21 heavy (non-hydrogen) atoms. The largest absolute Gasteiger partial charge is 0.356 e. The first-order valence-corrected chi connectivity index (χ1v) is 7.87. The monoisotopic (exact) mass is 401 g/mol. The summed E-state index contributed by atoms with van der Waals surface area (Å²) in [6, 6.07) is 10.6. The maximum Gasteiger partial charge on any atom is 0.190 e. The summed E-state index contributed by atoms with van der Waals surface area (Å²) in [5.41, 5.74) is 1.40. The van der Waals surface area contributed by atoms with E-state index in [1.54, 1.807) is 0 Å². The molecule has 118 valence electrons. The molecule has 0 heterocycles. The Morgan fingerprint density at radius 2 is 1.76 bits per heavy atom. The number of guanidine groups is 1. The molecule has 0 aromatic heterocycles.